The summed E-state index contributed by atoms with van der Waals surface area (Å²) in [5.41, 5.74) is 7.67. The molecule has 2 N–H and O–H groups in total. The number of aromatic carboxylic acids is 1. The molecule has 112 heavy (non-hydrogen) atoms. The van der Waals surface area contributed by atoms with E-state index in [1.807, 2.05) is 98.0 Å². The van der Waals surface area contributed by atoms with Gasteiger partial charge in [-0.25, -0.2) is 14.4 Å². The Morgan fingerprint density at radius 3 is 1.03 bits per heavy atom. The van der Waals surface area contributed by atoms with Crippen molar-refractivity contribution in [2.45, 2.75) is 18.4 Å². The Kier molecular flexibility index (Phi) is 43.1. The van der Waals surface area contributed by atoms with Crippen molar-refractivity contribution < 1.29 is 99.6 Å². The summed E-state index contributed by atoms with van der Waals surface area (Å²) >= 11 is 7.76. The number of rotatable bonds is 20. The van der Waals surface area contributed by atoms with Crippen molar-refractivity contribution in [3.63, 3.8) is 0 Å². The van der Waals surface area contributed by atoms with Crippen LogP contribution in [0.4, 0.5) is 0 Å². The van der Waals surface area contributed by atoms with Gasteiger partial charge in [0.25, 0.3) is 0 Å². The Morgan fingerprint density at radius 1 is 0.375 bits per heavy atom. The predicted molar refractivity (Wildman–Crippen MR) is 465 cm³/mol. The van der Waals surface area contributed by atoms with Crippen LogP contribution in [0.1, 0.15) is 71.4 Å². The fourth-order valence-corrected chi connectivity index (χ4v) is 17.8. The van der Waals surface area contributed by atoms with Crippen LogP contribution < -0.4 is 97.3 Å². The Morgan fingerprint density at radius 2 is 0.679 bits per heavy atom. The third kappa shape index (κ3) is 30.5. The molecule has 0 aliphatic rings. The first-order chi connectivity index (χ1) is 53.7. The number of benzene rings is 13. The van der Waals surface area contributed by atoms with Crippen LogP contribution in [0.3, 0.4) is 0 Å². The summed E-state index contributed by atoms with van der Waals surface area (Å²) in [6.45, 7) is 1.94. The van der Waals surface area contributed by atoms with Crippen LogP contribution in [0.2, 0.25) is 0 Å². The molecule has 17 heteroatoms. The van der Waals surface area contributed by atoms with Crippen LogP contribution in [0, 0.1) is 0 Å². The zero-order valence-corrected chi connectivity index (χ0v) is 71.8. The van der Waals surface area contributed by atoms with Gasteiger partial charge in [0.1, 0.15) is 51.9 Å². The molecule has 0 unspecified atom stereocenters. The average Bonchev–Trinajstić information content (AvgIpc) is 0.753. The number of phenols is 1. The average molecular weight is 1690 g/mol. The summed E-state index contributed by atoms with van der Waals surface area (Å²) in [5, 5.41) is 27.3. The molecule has 13 aromatic carbocycles. The van der Waals surface area contributed by atoms with Gasteiger partial charge in [0, 0.05) is 5.33 Å². The number of carboxylic acids is 1. The molecule has 0 spiro atoms. The summed E-state index contributed by atoms with van der Waals surface area (Å²) in [4.78, 5) is 33.3. The number of phenolic OH excluding ortho intramolecular Hbond substituents is 1. The Labute approximate surface area is 708 Å². The van der Waals surface area contributed by atoms with Crippen molar-refractivity contribution in [1.82, 2.24) is 0 Å². The SMILES string of the molecule is CC[S-].COC(=O)c1cccc(/C=C/c2ccc(OC)cc2)c1.COC(=O)c1cccc(OC)c1.COc1ccc(CBr)cc1.COc1ccc(C[P+](c2ccccc2)(c2ccccc2)c2ccccc2)cc1.O=C(O)c1cccc(/C=C/c2ccc(O)cc2)c1.[Br-].[Na+].c1ccc(P(c2ccccc2)c2ccccc2)cc1. The zero-order valence-electron chi connectivity index (χ0n) is 64.0. The molecule has 13 rings (SSSR count). The fraction of sp³-hybridized carbons (Fsp3) is 0.105. The quantitative estimate of drug-likeness (QED) is 0.0187. The topological polar surface area (TPSA) is 147 Å². The summed E-state index contributed by atoms with van der Waals surface area (Å²) in [6.07, 6.45) is 8.61. The van der Waals surface area contributed by atoms with Gasteiger partial charge in [-0.1, -0.05) is 272 Å². The predicted octanol–water partition coefficient (Wildman–Crippen LogP) is 14.2. The van der Waals surface area contributed by atoms with Crippen molar-refractivity contribution >= 4 is 118 Å². The van der Waals surface area contributed by atoms with E-state index in [4.69, 9.17) is 33.9 Å². The minimum atomic E-state index is -1.84. The van der Waals surface area contributed by atoms with Gasteiger partial charge in [-0.3, -0.25) is 0 Å². The molecule has 0 aliphatic carbocycles. The summed E-state index contributed by atoms with van der Waals surface area (Å²) in [6, 6.07) is 117. The van der Waals surface area contributed by atoms with Gasteiger partial charge >= 0.3 is 47.5 Å². The first-order valence-corrected chi connectivity index (χ1v) is 40.2. The molecule has 0 fully saturated rings. The van der Waals surface area contributed by atoms with Gasteiger partial charge in [0.05, 0.1) is 65.5 Å². The molecule has 0 aromatic heterocycles. The minimum Gasteiger partial charge on any atom is -1.00 e. The van der Waals surface area contributed by atoms with E-state index < -0.39 is 21.2 Å². The zero-order chi connectivity index (χ0) is 78.6. The molecule has 13 aromatic rings. The molecular weight excluding hydrogens is 1590 g/mol. The minimum absolute atomic E-state index is 0. The number of methoxy groups -OCH3 is 6. The molecule has 0 radical (unpaired) electrons. The Bertz CT molecular complexity index is 4650. The van der Waals surface area contributed by atoms with E-state index in [-0.39, 0.29) is 69.8 Å². The smallest absolute Gasteiger partial charge is 1.00 e. The number of halogens is 2. The van der Waals surface area contributed by atoms with Crippen LogP contribution in [0.15, 0.2) is 352 Å². The number of esters is 2. The van der Waals surface area contributed by atoms with Gasteiger partial charge < -0.3 is 68.2 Å². The first-order valence-electron chi connectivity index (χ1n) is 35.1. The largest absolute Gasteiger partial charge is 1.00 e. The molecule has 0 saturated heterocycles. The van der Waals surface area contributed by atoms with E-state index in [2.05, 4.69) is 240 Å². The monoisotopic (exact) mass is 1680 g/mol. The summed E-state index contributed by atoms with van der Waals surface area (Å²) in [7, 11) is 7.02. The standard InChI is InChI=1S/C26H24OP.C18H15P.C17H16O3.C15H12O3.C9H10O3.C8H9BrO.C2H6S.BrH.Na/c1-27-23-19-17-22(18-20-23)21-28(24-11-5-2-6-12-24,25-13-7-3-8-14-25)26-15-9-4-10-16-26;1-4-10-16(11-5-1)19(17-12-6-2-7-13-17)18-14-8-3-9-15-18;1-19-16-10-8-13(9-11-16)6-7-14-4-3-5-15(12-14)17(18)20-2;16-14-8-6-11(7-9-14)4-5-12-2-1-3-13(10-12)15(17)18;1-11-8-5-3-4-7(6-8)9(10)12-2;1-10-8-4-2-7(6-9)3-5-8;1-2-3;;/h2-20H,21H2,1H3;1-15H;3-12H,1-2H3;1-10,16H,(H,17,18);3-6H,1-2H3;2-5H,6H2,1H3;3H,2H2,1H3;1H;/q+1;;;;;;;;+1/p-2/b;;7-6+;5-4+;;;;;. The normalized spacial score (nSPS) is 10.2. The van der Waals surface area contributed by atoms with Crippen molar-refractivity contribution in [1.29, 1.82) is 0 Å². The maximum absolute atomic E-state index is 11.5. The van der Waals surface area contributed by atoms with Crippen LogP contribution >= 0.6 is 31.1 Å². The van der Waals surface area contributed by atoms with Crippen LogP contribution in [0.5, 0.6) is 28.7 Å². The Hall–Kier alpha value is -10.1. The third-order valence-corrected chi connectivity index (χ3v) is 23.9. The van der Waals surface area contributed by atoms with E-state index in [1.165, 1.54) is 57.2 Å². The molecule has 0 heterocycles. The van der Waals surface area contributed by atoms with E-state index in [1.54, 1.807) is 107 Å². The molecule has 0 bridgehead atoms. The van der Waals surface area contributed by atoms with Gasteiger partial charge in [-0.05, 0) is 185 Å². The number of hydrogen-bond acceptors (Lipinski definition) is 11. The summed E-state index contributed by atoms with van der Waals surface area (Å²) < 4.78 is 29.7. The van der Waals surface area contributed by atoms with Crippen molar-refractivity contribution in [3.8, 4) is 28.7 Å². The first kappa shape index (κ1) is 92.5. The maximum atomic E-state index is 11.5. The van der Waals surface area contributed by atoms with Crippen LogP contribution in [-0.4, -0.2) is 76.5 Å². The number of hydrogen-bond donors (Lipinski definition) is 2. The summed E-state index contributed by atoms with van der Waals surface area (Å²) in [5.74, 6) is 2.72. The van der Waals surface area contributed by atoms with Crippen molar-refractivity contribution in [2.24, 2.45) is 0 Å². The molecule has 0 saturated carbocycles. The maximum Gasteiger partial charge on any atom is 1.00 e. The molecule has 0 amide bonds. The second kappa shape index (κ2) is 52.2. The van der Waals surface area contributed by atoms with Crippen molar-refractivity contribution in [2.75, 3.05) is 48.4 Å². The van der Waals surface area contributed by atoms with E-state index in [0.717, 1.165) is 56.7 Å². The van der Waals surface area contributed by atoms with Gasteiger partial charge in [-0.15, -0.1) is 0 Å². The number of alkyl halides is 1. The molecule has 11 nitrogen and oxygen atoms in total. The van der Waals surface area contributed by atoms with Crippen LogP contribution in [-0.2, 0) is 33.6 Å². The van der Waals surface area contributed by atoms with E-state index >= 15 is 0 Å². The molecule has 0 aliphatic heterocycles. The van der Waals surface area contributed by atoms with Crippen molar-refractivity contribution in [3.05, 3.63) is 402 Å². The number of carbonyl (C=O) groups excluding carboxylic acids is 2. The second-order valence-corrected chi connectivity index (χ2v) is 30.6. The van der Waals surface area contributed by atoms with Gasteiger partial charge in [-0.2, -0.15) is 5.75 Å². The Balaban J connectivity index is 0.000000244. The van der Waals surface area contributed by atoms with E-state index in [9.17, 15) is 14.4 Å². The number of carbonyl (C=O) groups is 3. The number of carboxylic acid groups (broad SMARTS) is 1. The fourth-order valence-electron chi connectivity index (χ4n) is 10.9. The molecular formula is C95H91Br2NaO11P2S. The number of aromatic hydroxyl groups is 1. The van der Waals surface area contributed by atoms with Crippen LogP contribution in [0.25, 0.3) is 24.3 Å². The number of ether oxygens (including phenoxy) is 6. The third-order valence-electron chi connectivity index (χ3n) is 16.4. The van der Waals surface area contributed by atoms with Gasteiger partial charge in [0.15, 0.2) is 0 Å². The molecule has 0 atom stereocenters. The van der Waals surface area contributed by atoms with Gasteiger partial charge in [0.2, 0.25) is 0 Å². The molecule has 568 valence electrons. The second-order valence-electron chi connectivity index (χ2n) is 23.7. The van der Waals surface area contributed by atoms with E-state index in [0.29, 0.717) is 16.9 Å².